The normalized spacial score (nSPS) is 12.2. The van der Waals surface area contributed by atoms with Crippen LogP contribution in [0.3, 0.4) is 0 Å². The molecular formula is C39H40Zr. The van der Waals surface area contributed by atoms with Gasteiger partial charge in [-0.15, -0.1) is 46.2 Å². The second kappa shape index (κ2) is 15.1. The third kappa shape index (κ3) is 7.58. The quantitative estimate of drug-likeness (QED) is 0.170. The molecule has 40 heavy (non-hydrogen) atoms. The molecule has 0 saturated heterocycles. The van der Waals surface area contributed by atoms with Crippen LogP contribution < -0.4 is 0 Å². The van der Waals surface area contributed by atoms with Gasteiger partial charge in [-0.05, 0) is 12.8 Å². The van der Waals surface area contributed by atoms with E-state index in [-0.39, 0.29) is 0 Å². The van der Waals surface area contributed by atoms with Crippen LogP contribution in [0.25, 0.3) is 21.5 Å². The summed E-state index contributed by atoms with van der Waals surface area (Å²) in [5.41, 5.74) is 8.59. The Balaban J connectivity index is 0.000000146. The molecule has 0 fully saturated rings. The van der Waals surface area contributed by atoms with Crippen LogP contribution in [0.2, 0.25) is 0 Å². The van der Waals surface area contributed by atoms with E-state index < -0.39 is 0 Å². The van der Waals surface area contributed by atoms with Gasteiger partial charge in [-0.25, -0.2) is 6.08 Å². The van der Waals surface area contributed by atoms with E-state index in [9.17, 15) is 0 Å². The Bertz CT molecular complexity index is 1500. The van der Waals surface area contributed by atoms with E-state index in [4.69, 9.17) is 0 Å². The van der Waals surface area contributed by atoms with Crippen LogP contribution in [0, 0.1) is 6.08 Å². The SMILES string of the molecule is CCC1=C(CC)C[C-]=C1.CCc1ccc2c(c1)[cH-]c1cc(CC)ccc12.[Zr+2]=[C](c1ccccc1)c1ccccc1. The number of benzene rings is 4. The van der Waals surface area contributed by atoms with E-state index in [1.807, 2.05) is 0 Å². The first kappa shape index (κ1) is 30.0. The first-order chi connectivity index (χ1) is 19.6. The van der Waals surface area contributed by atoms with Crippen molar-refractivity contribution in [3.63, 3.8) is 0 Å². The van der Waals surface area contributed by atoms with Gasteiger partial charge in [-0.1, -0.05) is 75.9 Å². The number of aryl methyl sites for hydroxylation is 2. The van der Waals surface area contributed by atoms with Crippen LogP contribution in [0.4, 0.5) is 0 Å². The van der Waals surface area contributed by atoms with E-state index in [1.54, 1.807) is 5.57 Å². The predicted octanol–water partition coefficient (Wildman–Crippen LogP) is 10.5. The molecule has 0 aromatic heterocycles. The first-order valence-corrected chi connectivity index (χ1v) is 15.9. The number of allylic oxidation sites excluding steroid dienone is 4. The molecule has 1 heteroatoms. The molecule has 0 N–H and O–H groups in total. The molecule has 0 amide bonds. The number of rotatable bonds is 6. The van der Waals surface area contributed by atoms with Gasteiger partial charge < -0.3 is 0 Å². The van der Waals surface area contributed by atoms with Crippen molar-refractivity contribution in [1.29, 1.82) is 0 Å². The molecule has 0 atom stereocenters. The second-order valence-corrected chi connectivity index (χ2v) is 11.4. The fraction of sp³-hybridized carbons (Fsp3) is 0.231. The summed E-state index contributed by atoms with van der Waals surface area (Å²) in [6.45, 7) is 8.83. The Morgan fingerprint density at radius 3 is 1.55 bits per heavy atom. The molecule has 0 saturated carbocycles. The van der Waals surface area contributed by atoms with Crippen LogP contribution in [0.15, 0.2) is 120 Å². The Hall–Kier alpha value is -3.02. The van der Waals surface area contributed by atoms with Crippen molar-refractivity contribution in [2.24, 2.45) is 0 Å². The van der Waals surface area contributed by atoms with Crippen LogP contribution in [0.5, 0.6) is 0 Å². The Labute approximate surface area is 256 Å². The molecule has 1 aliphatic carbocycles. The number of fused-ring (bicyclic) bond motifs is 3. The topological polar surface area (TPSA) is 0 Å². The Kier molecular flexibility index (Phi) is 11.3. The van der Waals surface area contributed by atoms with Crippen molar-refractivity contribution >= 4 is 24.8 Å². The minimum absolute atomic E-state index is 1.08. The van der Waals surface area contributed by atoms with Gasteiger partial charge in [-0.2, -0.15) is 11.1 Å². The molecule has 6 rings (SSSR count). The van der Waals surface area contributed by atoms with Crippen molar-refractivity contribution in [3.05, 3.63) is 149 Å². The van der Waals surface area contributed by atoms with Crippen molar-refractivity contribution in [1.82, 2.24) is 0 Å². The molecule has 0 heterocycles. The third-order valence-corrected chi connectivity index (χ3v) is 9.05. The third-order valence-electron chi connectivity index (χ3n) is 7.63. The van der Waals surface area contributed by atoms with Gasteiger partial charge in [0.15, 0.2) is 0 Å². The predicted molar refractivity (Wildman–Crippen MR) is 172 cm³/mol. The zero-order valence-corrected chi connectivity index (χ0v) is 26.9. The maximum absolute atomic E-state index is 3.23. The average Bonchev–Trinajstić information content (AvgIpc) is 3.65. The summed E-state index contributed by atoms with van der Waals surface area (Å²) in [5.74, 6) is 0. The summed E-state index contributed by atoms with van der Waals surface area (Å²) in [4.78, 5) is 0. The van der Waals surface area contributed by atoms with Gasteiger partial charge in [0.05, 0.1) is 0 Å². The molecule has 200 valence electrons. The van der Waals surface area contributed by atoms with E-state index in [2.05, 4.69) is 143 Å². The van der Waals surface area contributed by atoms with Crippen LogP contribution in [0.1, 0.15) is 69.2 Å². The van der Waals surface area contributed by atoms with Crippen molar-refractivity contribution in [2.75, 3.05) is 0 Å². The average molecular weight is 600 g/mol. The standard InChI is InChI=1S/C17H17.C13H10.C9H13.Zr/c1-3-12-5-7-16-14(9-12)11-15-10-13(4-2)6-8-17(15)16;1-3-7-12(8-4-1)11-13-9-5-2-6-10-13;1-3-8-6-5-7-9(8)4-2;/h5-11H,3-4H2,1-2H3;1-10H;6H,3-4,7H2,1-2H3;/q-1;;-1;+2. The molecule has 0 radical (unpaired) electrons. The summed E-state index contributed by atoms with van der Waals surface area (Å²) in [6, 6.07) is 37.1. The molecule has 0 bridgehead atoms. The molecule has 1 aliphatic rings. The van der Waals surface area contributed by atoms with E-state index >= 15 is 0 Å². The van der Waals surface area contributed by atoms with E-state index in [1.165, 1.54) is 89.7 Å². The van der Waals surface area contributed by atoms with Crippen molar-refractivity contribution in [3.8, 4) is 0 Å². The molecule has 5 aromatic rings. The van der Waals surface area contributed by atoms with Crippen LogP contribution in [-0.2, 0) is 37.1 Å². The monoisotopic (exact) mass is 598 g/mol. The summed E-state index contributed by atoms with van der Waals surface area (Å²) >= 11 is 1.46. The zero-order valence-electron chi connectivity index (χ0n) is 24.4. The fourth-order valence-electron chi connectivity index (χ4n) is 5.15. The summed E-state index contributed by atoms with van der Waals surface area (Å²) in [5, 5.41) is 5.54. The van der Waals surface area contributed by atoms with Gasteiger partial charge in [0, 0.05) is 0 Å². The number of hydrogen-bond acceptors (Lipinski definition) is 0. The van der Waals surface area contributed by atoms with Crippen LogP contribution in [-0.4, -0.2) is 3.21 Å². The Morgan fingerprint density at radius 2 is 1.15 bits per heavy atom. The second-order valence-electron chi connectivity index (χ2n) is 10.2. The molecule has 0 spiro atoms. The van der Waals surface area contributed by atoms with Crippen molar-refractivity contribution < 1.29 is 24.2 Å². The molecular weight excluding hydrogens is 560 g/mol. The van der Waals surface area contributed by atoms with Gasteiger partial charge in [0.1, 0.15) is 0 Å². The fourth-order valence-corrected chi connectivity index (χ4v) is 5.97. The Morgan fingerprint density at radius 1 is 0.650 bits per heavy atom. The molecule has 0 unspecified atom stereocenters. The van der Waals surface area contributed by atoms with Gasteiger partial charge in [0.25, 0.3) is 0 Å². The van der Waals surface area contributed by atoms with Crippen LogP contribution >= 0.6 is 0 Å². The summed E-state index contributed by atoms with van der Waals surface area (Å²) < 4.78 is 1.42. The molecule has 5 aromatic carbocycles. The maximum atomic E-state index is 3.23. The van der Waals surface area contributed by atoms with Gasteiger partial charge in [-0.3, -0.25) is 6.08 Å². The van der Waals surface area contributed by atoms with Gasteiger partial charge >= 0.3 is 99.2 Å². The molecule has 0 nitrogen and oxygen atoms in total. The van der Waals surface area contributed by atoms with Gasteiger partial charge in [0.2, 0.25) is 0 Å². The minimum atomic E-state index is 1.08. The van der Waals surface area contributed by atoms with Crippen molar-refractivity contribution in [2.45, 2.75) is 59.8 Å². The van der Waals surface area contributed by atoms with E-state index in [0.717, 1.165) is 19.3 Å². The molecule has 0 aliphatic heterocycles. The summed E-state index contributed by atoms with van der Waals surface area (Å²) in [6.07, 6.45) is 11.0. The number of hydrogen-bond donors (Lipinski definition) is 0. The van der Waals surface area contributed by atoms with E-state index in [0.29, 0.717) is 0 Å². The first-order valence-electron chi connectivity index (χ1n) is 14.7. The zero-order chi connectivity index (χ0) is 28.3. The summed E-state index contributed by atoms with van der Waals surface area (Å²) in [7, 11) is 0.